The number of aromatic hydroxyl groups is 2. The summed E-state index contributed by atoms with van der Waals surface area (Å²) in [5.74, 6) is -20.8. The van der Waals surface area contributed by atoms with Crippen LogP contribution in [0.5, 0.6) is 11.5 Å². The number of phenolic OH excluding ortho intramolecular Hbond substituents is 2. The molecule has 0 aliphatic carbocycles. The second-order valence-corrected chi connectivity index (χ2v) is 27.3. The lowest BCUT2D eigenvalue weighted by molar-refractivity contribution is -0.143. The fourth-order valence-corrected chi connectivity index (χ4v) is 11.8. The first-order valence-corrected chi connectivity index (χ1v) is 35.0. The monoisotopic (exact) mass is 1520 g/mol. The largest absolute Gasteiger partial charge is 0.508 e. The number of aliphatic hydroxyl groups is 1. The number of aliphatic carboxylic acids is 3. The standard InChI is InChI=1S/C73H96N14O22/c1-37(2)27-47(78-68(103)54(36-60(95)96)83-70(105)56-17-12-26-87(56)72(107)46(74)29-42-18-22-44(89)23-19-42)62(97)80-51(33-57(75)91)66(101)79-49(30-40-13-8-6-9-14-40)64(99)82-53(35-59(93)94)67(102)81-52(34-58(76)92)69(104)86-61(39(5)88)71(106)84-50(31-43-20-24-45(90)25-21-43)65(100)77-48(28-38(3)4)63(98)85-55(73(108)109)32-41-15-10-7-11-16-41/h6-11,13-16,18-25,37-39,46-56,61,88-90H,12,17,26-36,74H2,1-5H3,(H2,75,91)(H2,76,92)(H,77,100)(H,78,103)(H,79,101)(H,80,97)(H,81,102)(H,82,99)(H,83,105)(H,84,106)(H,85,98)(H,86,104)(H,93,94)(H,95,96)(H,108,109)/t39-,46+,47+,48+,49+,50+,51+,52+,53+,54+,55+,56+,61+/m1/s1. The van der Waals surface area contributed by atoms with E-state index >= 15 is 0 Å². The Morgan fingerprint density at radius 1 is 0.404 bits per heavy atom. The highest BCUT2D eigenvalue weighted by Gasteiger charge is 2.41. The highest BCUT2D eigenvalue weighted by Crippen LogP contribution is 2.22. The molecule has 0 radical (unpaired) electrons. The predicted octanol–water partition coefficient (Wildman–Crippen LogP) is -3.21. The Kier molecular flexibility index (Phi) is 34.0. The van der Waals surface area contributed by atoms with Gasteiger partial charge < -0.3 is 106 Å². The molecule has 4 aromatic carbocycles. The maximum atomic E-state index is 14.5. The number of amides is 13. The molecule has 1 heterocycles. The molecule has 13 atom stereocenters. The zero-order valence-corrected chi connectivity index (χ0v) is 60.6. The first-order valence-electron chi connectivity index (χ1n) is 35.0. The van der Waals surface area contributed by atoms with Crippen LogP contribution in [-0.2, 0) is 102 Å². The van der Waals surface area contributed by atoms with Gasteiger partial charge in [-0.3, -0.25) is 71.9 Å². The molecule has 36 nitrogen and oxygen atoms in total. The minimum atomic E-state index is -2.21. The maximum Gasteiger partial charge on any atom is 0.326 e. The zero-order valence-electron chi connectivity index (χ0n) is 60.6. The Morgan fingerprint density at radius 2 is 0.725 bits per heavy atom. The molecule has 36 heteroatoms. The summed E-state index contributed by atoms with van der Waals surface area (Å²) in [5, 5.41) is 84.1. The molecule has 590 valence electrons. The van der Waals surface area contributed by atoms with Gasteiger partial charge in [-0.1, -0.05) is 113 Å². The molecular formula is C73H96N14O22. The van der Waals surface area contributed by atoms with Crippen molar-refractivity contribution in [3.05, 3.63) is 131 Å². The molecule has 0 aromatic heterocycles. The third-order valence-electron chi connectivity index (χ3n) is 17.2. The van der Waals surface area contributed by atoms with E-state index in [0.29, 0.717) is 28.7 Å². The van der Waals surface area contributed by atoms with Crippen molar-refractivity contribution < 1.29 is 107 Å². The number of nitrogens with zero attached hydrogens (tertiary/aromatic N) is 1. The van der Waals surface area contributed by atoms with Crippen LogP contribution in [0, 0.1) is 11.8 Å². The van der Waals surface area contributed by atoms with Crippen LogP contribution in [-0.4, -0.2) is 215 Å². The van der Waals surface area contributed by atoms with E-state index in [4.69, 9.17) is 17.2 Å². The summed E-state index contributed by atoms with van der Waals surface area (Å²) in [4.78, 5) is 219. The number of rotatable bonds is 43. The Morgan fingerprint density at radius 3 is 1.11 bits per heavy atom. The number of carboxylic acids is 3. The number of aliphatic hydroxyl groups excluding tert-OH is 1. The number of phenols is 2. The fourth-order valence-electron chi connectivity index (χ4n) is 11.8. The van der Waals surface area contributed by atoms with Crippen molar-refractivity contribution in [1.82, 2.24) is 58.1 Å². The van der Waals surface area contributed by atoms with Crippen molar-refractivity contribution in [1.29, 1.82) is 0 Å². The molecule has 13 amide bonds. The van der Waals surface area contributed by atoms with Crippen molar-refractivity contribution in [3.63, 3.8) is 0 Å². The number of carbonyl (C=O) groups is 16. The fraction of sp³-hybridized carbons (Fsp3) is 0.452. The van der Waals surface area contributed by atoms with Gasteiger partial charge in [0.1, 0.15) is 78.0 Å². The van der Waals surface area contributed by atoms with E-state index in [2.05, 4.69) is 53.2 Å². The number of benzene rings is 4. The summed E-state index contributed by atoms with van der Waals surface area (Å²) in [5.41, 5.74) is 19.1. The lowest BCUT2D eigenvalue weighted by Crippen LogP contribution is -2.62. The minimum Gasteiger partial charge on any atom is -0.508 e. The summed E-state index contributed by atoms with van der Waals surface area (Å²) < 4.78 is 0. The summed E-state index contributed by atoms with van der Waals surface area (Å²) in [6.45, 7) is 7.79. The highest BCUT2D eigenvalue weighted by atomic mass is 16.4. The van der Waals surface area contributed by atoms with E-state index in [1.54, 1.807) is 76.2 Å². The number of carboxylic acid groups (broad SMARTS) is 3. The molecule has 1 aliphatic rings. The average molecular weight is 1520 g/mol. The molecule has 5 rings (SSSR count). The van der Waals surface area contributed by atoms with E-state index in [9.17, 15) is 107 Å². The molecule has 0 saturated carbocycles. The van der Waals surface area contributed by atoms with Crippen LogP contribution in [0.4, 0.5) is 0 Å². The van der Waals surface area contributed by atoms with E-state index in [0.717, 1.165) is 6.92 Å². The van der Waals surface area contributed by atoms with Crippen LogP contribution in [0.2, 0.25) is 0 Å². The van der Waals surface area contributed by atoms with Gasteiger partial charge >= 0.3 is 17.9 Å². The predicted molar refractivity (Wildman–Crippen MR) is 386 cm³/mol. The smallest absolute Gasteiger partial charge is 0.326 e. The van der Waals surface area contributed by atoms with Crippen LogP contribution in [0.25, 0.3) is 0 Å². The van der Waals surface area contributed by atoms with Gasteiger partial charge in [-0.15, -0.1) is 0 Å². The molecule has 1 fully saturated rings. The first-order chi connectivity index (χ1) is 51.4. The number of hydrogen-bond donors (Lipinski definition) is 19. The van der Waals surface area contributed by atoms with E-state index in [1.807, 2.05) is 0 Å². The topological polar surface area (TPSA) is 596 Å². The van der Waals surface area contributed by atoms with Gasteiger partial charge in [0.25, 0.3) is 0 Å². The summed E-state index contributed by atoms with van der Waals surface area (Å²) in [7, 11) is 0. The van der Waals surface area contributed by atoms with Crippen LogP contribution < -0.4 is 70.4 Å². The van der Waals surface area contributed by atoms with E-state index in [-0.39, 0.29) is 62.5 Å². The Balaban J connectivity index is 1.35. The highest BCUT2D eigenvalue weighted by molar-refractivity contribution is 6.02. The van der Waals surface area contributed by atoms with Gasteiger partial charge in [0.05, 0.1) is 37.8 Å². The van der Waals surface area contributed by atoms with Gasteiger partial charge in [-0.25, -0.2) is 4.79 Å². The molecule has 22 N–H and O–H groups in total. The van der Waals surface area contributed by atoms with Gasteiger partial charge in [-0.05, 0) is 97.4 Å². The molecule has 1 aliphatic heterocycles. The molecule has 0 spiro atoms. The Labute approximate surface area is 626 Å². The molecule has 0 unspecified atom stereocenters. The number of nitrogens with two attached hydrogens (primary N) is 3. The molecule has 4 aromatic rings. The normalized spacial score (nSPS) is 15.8. The number of likely N-dealkylation sites (tertiary alicyclic amines) is 1. The van der Waals surface area contributed by atoms with Crippen molar-refractivity contribution in [2.75, 3.05) is 6.54 Å². The summed E-state index contributed by atoms with van der Waals surface area (Å²) >= 11 is 0. The van der Waals surface area contributed by atoms with Crippen molar-refractivity contribution >= 4 is 94.7 Å². The third-order valence-corrected chi connectivity index (χ3v) is 17.2. The molecular weight excluding hydrogens is 1420 g/mol. The van der Waals surface area contributed by atoms with Gasteiger partial charge in [0.2, 0.25) is 76.8 Å². The van der Waals surface area contributed by atoms with Crippen molar-refractivity contribution in [2.24, 2.45) is 29.0 Å². The van der Waals surface area contributed by atoms with Crippen molar-refractivity contribution in [2.45, 2.75) is 190 Å². The van der Waals surface area contributed by atoms with Gasteiger partial charge in [0, 0.05) is 25.8 Å². The van der Waals surface area contributed by atoms with Gasteiger partial charge in [-0.2, -0.15) is 0 Å². The lowest BCUT2D eigenvalue weighted by Gasteiger charge is -2.29. The summed E-state index contributed by atoms with van der Waals surface area (Å²) in [6.07, 6.45) is -7.05. The van der Waals surface area contributed by atoms with Crippen LogP contribution in [0.1, 0.15) is 108 Å². The van der Waals surface area contributed by atoms with Crippen molar-refractivity contribution in [3.8, 4) is 11.5 Å². The SMILES string of the molecule is CC(C)C[C@H](NC(=O)[C@H](Cc1ccc(O)cc1)NC(=O)[C@@H](NC(=O)[C@H](CC(N)=O)NC(=O)[C@H](CC(=O)O)NC(=O)[C@H](Cc1ccccc1)NC(=O)[C@H](CC(N)=O)NC(=O)[C@H](CC(C)C)NC(=O)[C@H](CC(=O)O)NC(=O)[C@@H]1CCCN1C(=O)[C@@H](N)Cc1ccc(O)cc1)[C@@H](C)O)C(=O)N[C@@H](Cc1ccccc1)C(=O)O. The first kappa shape index (κ1) is 87.6. The average Bonchev–Trinajstić information content (AvgIpc) is 1.76. The molecule has 0 bridgehead atoms. The molecule has 109 heavy (non-hydrogen) atoms. The van der Waals surface area contributed by atoms with Crippen LogP contribution in [0.15, 0.2) is 109 Å². The lowest BCUT2D eigenvalue weighted by atomic mass is 9.99. The second kappa shape index (κ2) is 42.3. The number of primary amides is 2. The maximum absolute atomic E-state index is 14.5. The molecule has 1 saturated heterocycles. The number of nitrogens with one attached hydrogen (secondary N) is 10. The minimum absolute atomic E-state index is 0.0204. The van der Waals surface area contributed by atoms with E-state index in [1.165, 1.54) is 65.6 Å². The third kappa shape index (κ3) is 29.3. The zero-order chi connectivity index (χ0) is 80.9. The Hall–Kier alpha value is -12.1. The van der Waals surface area contributed by atoms with Crippen LogP contribution in [0.3, 0.4) is 0 Å². The number of carbonyl (C=O) groups excluding carboxylic acids is 13. The van der Waals surface area contributed by atoms with Crippen LogP contribution >= 0.6 is 0 Å². The Bertz CT molecular complexity index is 3890. The van der Waals surface area contributed by atoms with Gasteiger partial charge in [0.15, 0.2) is 0 Å². The quantitative estimate of drug-likeness (QED) is 0.0207. The summed E-state index contributed by atoms with van der Waals surface area (Å²) in [6, 6.07) is 6.55. The second-order valence-electron chi connectivity index (χ2n) is 27.3. The van der Waals surface area contributed by atoms with E-state index < -0.39 is 211 Å². The number of hydrogen-bond acceptors (Lipinski definition) is 20.